The SMILES string of the molecule is N#Cc1ccc(CN2CCCC(NS(=O)(=O)C3CC3)C2)c(F)c1. The predicted octanol–water partition coefficient (Wildman–Crippen LogP) is 1.74. The van der Waals surface area contributed by atoms with E-state index in [0.29, 0.717) is 24.2 Å². The third kappa shape index (κ3) is 4.08. The predicted molar refractivity (Wildman–Crippen MR) is 84.5 cm³/mol. The summed E-state index contributed by atoms with van der Waals surface area (Å²) in [5.41, 5.74) is 0.842. The number of nitriles is 1. The van der Waals surface area contributed by atoms with Crippen molar-refractivity contribution in [1.82, 2.24) is 9.62 Å². The number of benzene rings is 1. The van der Waals surface area contributed by atoms with E-state index in [1.54, 1.807) is 12.1 Å². The summed E-state index contributed by atoms with van der Waals surface area (Å²) in [7, 11) is -3.19. The van der Waals surface area contributed by atoms with E-state index in [-0.39, 0.29) is 17.1 Å². The van der Waals surface area contributed by atoms with Gasteiger partial charge in [-0.2, -0.15) is 5.26 Å². The third-order valence-corrected chi connectivity index (χ3v) is 6.39. The van der Waals surface area contributed by atoms with Gasteiger partial charge < -0.3 is 0 Å². The van der Waals surface area contributed by atoms with Crippen molar-refractivity contribution >= 4 is 10.0 Å². The molecule has 1 unspecified atom stereocenters. The van der Waals surface area contributed by atoms with Crippen molar-refractivity contribution in [1.29, 1.82) is 5.26 Å². The Morgan fingerprint density at radius 3 is 2.78 bits per heavy atom. The van der Waals surface area contributed by atoms with Crippen LogP contribution in [-0.2, 0) is 16.6 Å². The first-order valence-corrected chi connectivity index (χ1v) is 9.44. The van der Waals surface area contributed by atoms with Gasteiger partial charge in [0, 0.05) is 24.7 Å². The molecule has 7 heteroatoms. The summed E-state index contributed by atoms with van der Waals surface area (Å²) < 4.78 is 40.8. The minimum absolute atomic E-state index is 0.101. The zero-order valence-electron chi connectivity index (χ0n) is 12.8. The molecule has 1 aliphatic carbocycles. The number of hydrogen-bond donors (Lipinski definition) is 1. The van der Waals surface area contributed by atoms with Gasteiger partial charge in [-0.05, 0) is 44.4 Å². The Labute approximate surface area is 136 Å². The zero-order chi connectivity index (χ0) is 16.4. The van der Waals surface area contributed by atoms with Gasteiger partial charge in [0.25, 0.3) is 0 Å². The average Bonchev–Trinajstić information content (AvgIpc) is 3.34. The molecule has 0 bridgehead atoms. The van der Waals surface area contributed by atoms with Crippen LogP contribution in [0.2, 0.25) is 0 Å². The minimum atomic E-state index is -3.19. The molecule has 1 heterocycles. The van der Waals surface area contributed by atoms with Gasteiger partial charge in [0.1, 0.15) is 5.82 Å². The van der Waals surface area contributed by atoms with Crippen molar-refractivity contribution in [2.45, 2.75) is 43.5 Å². The Bertz CT molecular complexity index is 725. The number of likely N-dealkylation sites (tertiary alicyclic amines) is 1. The second-order valence-corrected chi connectivity index (χ2v) is 8.35. The standard InChI is InChI=1S/C16H20FN3O2S/c17-16-8-12(9-18)3-4-13(16)10-20-7-1-2-14(11-20)19-23(21,22)15-5-6-15/h3-4,8,14-15,19H,1-2,5-7,10-11H2. The van der Waals surface area contributed by atoms with Gasteiger partial charge in [-0.15, -0.1) is 0 Å². The molecule has 0 amide bonds. The molecule has 0 aromatic heterocycles. The van der Waals surface area contributed by atoms with Crippen LogP contribution >= 0.6 is 0 Å². The number of hydrogen-bond acceptors (Lipinski definition) is 4. The molecule has 3 rings (SSSR count). The highest BCUT2D eigenvalue weighted by Crippen LogP contribution is 2.28. The third-order valence-electron chi connectivity index (χ3n) is 4.38. The number of sulfonamides is 1. The number of nitrogens with zero attached hydrogens (tertiary/aromatic N) is 2. The van der Waals surface area contributed by atoms with E-state index in [4.69, 9.17) is 5.26 Å². The fourth-order valence-corrected chi connectivity index (χ4v) is 4.59. The van der Waals surface area contributed by atoms with Crippen LogP contribution in [0.3, 0.4) is 0 Å². The Kier molecular flexibility index (Phi) is 4.67. The number of halogens is 1. The summed E-state index contributed by atoms with van der Waals surface area (Å²) >= 11 is 0. The van der Waals surface area contributed by atoms with Crippen LogP contribution in [0.5, 0.6) is 0 Å². The van der Waals surface area contributed by atoms with Crippen LogP contribution < -0.4 is 4.72 Å². The highest BCUT2D eigenvalue weighted by molar-refractivity contribution is 7.90. The van der Waals surface area contributed by atoms with Gasteiger partial charge in [0.05, 0.1) is 16.9 Å². The van der Waals surface area contributed by atoms with Crippen molar-refractivity contribution in [2.24, 2.45) is 0 Å². The second kappa shape index (κ2) is 6.56. The summed E-state index contributed by atoms with van der Waals surface area (Å²) in [5.74, 6) is -0.385. The molecule has 0 spiro atoms. The maximum absolute atomic E-state index is 14.0. The van der Waals surface area contributed by atoms with Crippen LogP contribution in [0.1, 0.15) is 36.8 Å². The van der Waals surface area contributed by atoms with Crippen molar-refractivity contribution in [3.63, 3.8) is 0 Å². The lowest BCUT2D eigenvalue weighted by Gasteiger charge is -2.33. The maximum Gasteiger partial charge on any atom is 0.214 e. The van der Waals surface area contributed by atoms with E-state index >= 15 is 0 Å². The normalized spacial score (nSPS) is 22.7. The number of piperidine rings is 1. The molecule has 1 N–H and O–H groups in total. The Morgan fingerprint density at radius 1 is 1.35 bits per heavy atom. The minimum Gasteiger partial charge on any atom is -0.297 e. The average molecular weight is 337 g/mol. The molecule has 0 radical (unpaired) electrons. The lowest BCUT2D eigenvalue weighted by atomic mass is 10.0. The van der Waals surface area contributed by atoms with Crippen molar-refractivity contribution in [3.05, 3.63) is 35.1 Å². The Hall–Kier alpha value is -1.49. The monoisotopic (exact) mass is 337 g/mol. The largest absolute Gasteiger partial charge is 0.297 e. The first kappa shape index (κ1) is 16.4. The highest BCUT2D eigenvalue weighted by Gasteiger charge is 2.37. The van der Waals surface area contributed by atoms with Gasteiger partial charge in [0.15, 0.2) is 0 Å². The molecular weight excluding hydrogens is 317 g/mol. The highest BCUT2D eigenvalue weighted by atomic mass is 32.2. The van der Waals surface area contributed by atoms with Gasteiger partial charge >= 0.3 is 0 Å². The van der Waals surface area contributed by atoms with Crippen LogP contribution in [0.15, 0.2) is 18.2 Å². The van der Waals surface area contributed by atoms with Crippen LogP contribution in [0.4, 0.5) is 4.39 Å². The molecule has 1 atom stereocenters. The Morgan fingerprint density at radius 2 is 2.13 bits per heavy atom. The van der Waals surface area contributed by atoms with Crippen molar-refractivity contribution in [2.75, 3.05) is 13.1 Å². The van der Waals surface area contributed by atoms with E-state index in [1.165, 1.54) is 6.07 Å². The topological polar surface area (TPSA) is 73.2 Å². The first-order valence-electron chi connectivity index (χ1n) is 7.90. The van der Waals surface area contributed by atoms with E-state index in [0.717, 1.165) is 32.2 Å². The fourth-order valence-electron chi connectivity index (χ4n) is 2.99. The molecule has 23 heavy (non-hydrogen) atoms. The van der Waals surface area contributed by atoms with Crippen molar-refractivity contribution in [3.8, 4) is 6.07 Å². The maximum atomic E-state index is 14.0. The second-order valence-electron chi connectivity index (χ2n) is 6.35. The molecule has 2 aliphatic rings. The molecule has 1 saturated heterocycles. The van der Waals surface area contributed by atoms with E-state index in [2.05, 4.69) is 9.62 Å². The molecule has 2 fully saturated rings. The molecule has 1 saturated carbocycles. The molecule has 1 aromatic carbocycles. The first-order chi connectivity index (χ1) is 11.0. The van der Waals surface area contributed by atoms with E-state index in [1.807, 2.05) is 6.07 Å². The van der Waals surface area contributed by atoms with Crippen LogP contribution in [0, 0.1) is 17.1 Å². The van der Waals surface area contributed by atoms with Crippen LogP contribution in [0.25, 0.3) is 0 Å². The summed E-state index contributed by atoms with van der Waals surface area (Å²) in [6.45, 7) is 1.84. The Balaban J connectivity index is 1.61. The summed E-state index contributed by atoms with van der Waals surface area (Å²) in [6.07, 6.45) is 3.21. The van der Waals surface area contributed by atoms with E-state index < -0.39 is 10.0 Å². The lowest BCUT2D eigenvalue weighted by molar-refractivity contribution is 0.192. The van der Waals surface area contributed by atoms with Gasteiger partial charge in [-0.1, -0.05) is 6.07 Å². The summed E-state index contributed by atoms with van der Waals surface area (Å²) in [5, 5.41) is 8.56. The summed E-state index contributed by atoms with van der Waals surface area (Å²) in [4.78, 5) is 2.06. The molecular formula is C16H20FN3O2S. The zero-order valence-corrected chi connectivity index (χ0v) is 13.7. The summed E-state index contributed by atoms with van der Waals surface area (Å²) in [6, 6.07) is 6.30. The molecule has 124 valence electrons. The lowest BCUT2D eigenvalue weighted by Crippen LogP contribution is -2.48. The van der Waals surface area contributed by atoms with Crippen LogP contribution in [-0.4, -0.2) is 37.7 Å². The number of nitrogens with one attached hydrogen (secondary N) is 1. The van der Waals surface area contributed by atoms with Gasteiger partial charge in [-0.25, -0.2) is 17.5 Å². The van der Waals surface area contributed by atoms with Gasteiger partial charge in [-0.3, -0.25) is 4.90 Å². The van der Waals surface area contributed by atoms with E-state index in [9.17, 15) is 12.8 Å². The van der Waals surface area contributed by atoms with Crippen molar-refractivity contribution < 1.29 is 12.8 Å². The molecule has 5 nitrogen and oxygen atoms in total. The quantitative estimate of drug-likeness (QED) is 0.888. The fraction of sp³-hybridized carbons (Fsp3) is 0.562. The number of rotatable bonds is 5. The molecule has 1 aliphatic heterocycles. The van der Waals surface area contributed by atoms with Gasteiger partial charge in [0.2, 0.25) is 10.0 Å². The smallest absolute Gasteiger partial charge is 0.214 e. The molecule has 1 aromatic rings.